The third kappa shape index (κ3) is 5.38. The van der Waals surface area contributed by atoms with Crippen LogP contribution in [0.15, 0.2) is 17.6 Å². The minimum absolute atomic E-state index is 0.258. The summed E-state index contributed by atoms with van der Waals surface area (Å²) in [7, 11) is 0. The maximum atomic E-state index is 12.4. The van der Waals surface area contributed by atoms with Gasteiger partial charge in [0.15, 0.2) is 5.13 Å². The van der Waals surface area contributed by atoms with E-state index in [1.54, 1.807) is 11.6 Å². The van der Waals surface area contributed by atoms with E-state index < -0.39 is 0 Å². The minimum Gasteiger partial charge on any atom is -0.346 e. The number of rotatable bonds is 7. The number of nitrogens with zero attached hydrogens (tertiary/aromatic N) is 7. The average molecular weight is 456 g/mol. The number of anilines is 2. The molecule has 1 aliphatic rings. The van der Waals surface area contributed by atoms with E-state index in [2.05, 4.69) is 46.1 Å². The Labute approximate surface area is 187 Å². The van der Waals surface area contributed by atoms with Crippen LogP contribution in [0.25, 0.3) is 0 Å². The molecule has 160 valence electrons. The van der Waals surface area contributed by atoms with Gasteiger partial charge in [-0.1, -0.05) is 4.49 Å². The summed E-state index contributed by atoms with van der Waals surface area (Å²) in [6.45, 7) is 4.44. The zero-order chi connectivity index (χ0) is 21.6. The van der Waals surface area contributed by atoms with Crippen molar-refractivity contribution in [2.75, 3.05) is 25.0 Å². The van der Waals surface area contributed by atoms with Crippen LogP contribution in [0.4, 0.5) is 11.1 Å². The number of nitriles is 1. The number of carbonyl (C=O) groups excluding carboxylic acids is 1. The molecule has 2 N–H and O–H groups in total. The molecular formula is C19H21N9OS2. The Bertz CT molecular complexity index is 1090. The molecule has 0 radical (unpaired) electrons. The van der Waals surface area contributed by atoms with Gasteiger partial charge >= 0.3 is 0 Å². The molecule has 1 saturated heterocycles. The molecule has 1 unspecified atom stereocenters. The molecule has 10 nitrogen and oxygen atoms in total. The summed E-state index contributed by atoms with van der Waals surface area (Å²) in [5.41, 5.74) is 2.10. The van der Waals surface area contributed by atoms with Crippen LogP contribution < -0.4 is 10.6 Å². The SMILES string of the molecule is Cc1nnsc1CNC(=O)c1csc(Nc2nccc(C3CCCN(CC#N)C3)n2)n1. The number of piperidine rings is 1. The van der Waals surface area contributed by atoms with Crippen molar-refractivity contribution in [3.63, 3.8) is 0 Å². The number of aryl methyl sites for hydroxylation is 1. The van der Waals surface area contributed by atoms with E-state index in [1.807, 2.05) is 13.0 Å². The van der Waals surface area contributed by atoms with Gasteiger partial charge in [-0.25, -0.2) is 15.0 Å². The molecule has 1 fully saturated rings. The van der Waals surface area contributed by atoms with Crippen molar-refractivity contribution in [3.8, 4) is 6.07 Å². The standard InChI is InChI=1S/C19H21N9OS2/c1-12-16(31-27-26-12)9-22-17(29)15-11-30-19(24-15)25-18-21-6-4-14(23-18)13-3-2-7-28(10-13)8-5-20/h4,6,11,13H,2-3,7-10H2,1H3,(H,22,29)(H,21,23,24,25). The lowest BCUT2D eigenvalue weighted by Crippen LogP contribution is -2.34. The van der Waals surface area contributed by atoms with Crippen LogP contribution >= 0.6 is 22.9 Å². The fourth-order valence-electron chi connectivity index (χ4n) is 3.40. The molecule has 1 atom stereocenters. The van der Waals surface area contributed by atoms with Gasteiger partial charge in [0.05, 0.1) is 35.4 Å². The normalized spacial score (nSPS) is 16.6. The Morgan fingerprint density at radius 3 is 3.13 bits per heavy atom. The third-order valence-corrected chi connectivity index (χ3v) is 6.59. The highest BCUT2D eigenvalue weighted by Gasteiger charge is 2.22. The highest BCUT2D eigenvalue weighted by Crippen LogP contribution is 2.26. The average Bonchev–Trinajstić information content (AvgIpc) is 3.41. The Balaban J connectivity index is 1.37. The number of thiazole rings is 1. The zero-order valence-corrected chi connectivity index (χ0v) is 18.5. The van der Waals surface area contributed by atoms with E-state index >= 15 is 0 Å². The smallest absolute Gasteiger partial charge is 0.271 e. The van der Waals surface area contributed by atoms with Gasteiger partial charge in [-0.2, -0.15) is 5.26 Å². The van der Waals surface area contributed by atoms with Gasteiger partial charge in [-0.3, -0.25) is 9.69 Å². The van der Waals surface area contributed by atoms with Crippen LogP contribution in [-0.2, 0) is 6.54 Å². The molecule has 0 aromatic carbocycles. The largest absolute Gasteiger partial charge is 0.346 e. The molecule has 0 bridgehead atoms. The van der Waals surface area contributed by atoms with Gasteiger partial charge in [0.1, 0.15) is 5.69 Å². The summed E-state index contributed by atoms with van der Waals surface area (Å²) in [4.78, 5) is 28.7. The number of carbonyl (C=O) groups is 1. The van der Waals surface area contributed by atoms with Crippen molar-refractivity contribution in [2.45, 2.75) is 32.2 Å². The van der Waals surface area contributed by atoms with Gasteiger partial charge in [-0.05, 0) is 43.9 Å². The van der Waals surface area contributed by atoms with Crippen LogP contribution in [-0.4, -0.2) is 55.0 Å². The summed E-state index contributed by atoms with van der Waals surface area (Å²) in [5, 5.41) is 21.1. The molecule has 12 heteroatoms. The molecule has 4 rings (SSSR count). The Morgan fingerprint density at radius 1 is 1.42 bits per heavy atom. The number of hydrogen-bond acceptors (Lipinski definition) is 11. The number of nitrogens with one attached hydrogen (secondary N) is 2. The van der Waals surface area contributed by atoms with Crippen molar-refractivity contribution in [1.82, 2.24) is 34.8 Å². The summed E-state index contributed by atoms with van der Waals surface area (Å²) >= 11 is 2.59. The predicted octanol–water partition coefficient (Wildman–Crippen LogP) is 2.47. The van der Waals surface area contributed by atoms with Crippen LogP contribution in [0, 0.1) is 18.3 Å². The van der Waals surface area contributed by atoms with Gasteiger partial charge in [0, 0.05) is 24.0 Å². The topological polar surface area (TPSA) is 133 Å². The Morgan fingerprint density at radius 2 is 2.32 bits per heavy atom. The molecule has 3 aromatic heterocycles. The van der Waals surface area contributed by atoms with Gasteiger partial charge in [0.25, 0.3) is 5.91 Å². The monoisotopic (exact) mass is 455 g/mol. The predicted molar refractivity (Wildman–Crippen MR) is 117 cm³/mol. The van der Waals surface area contributed by atoms with Gasteiger partial charge in [0.2, 0.25) is 5.95 Å². The molecule has 1 amide bonds. The number of likely N-dealkylation sites (tertiary alicyclic amines) is 1. The number of amides is 1. The molecular weight excluding hydrogens is 434 g/mol. The first-order valence-corrected chi connectivity index (χ1v) is 11.5. The van der Waals surface area contributed by atoms with Crippen molar-refractivity contribution in [3.05, 3.63) is 39.6 Å². The van der Waals surface area contributed by atoms with Crippen molar-refractivity contribution >= 4 is 39.9 Å². The van der Waals surface area contributed by atoms with Crippen LogP contribution in [0.5, 0.6) is 0 Å². The summed E-state index contributed by atoms with van der Waals surface area (Å²) in [6.07, 6.45) is 3.80. The Hall–Kier alpha value is -3.01. The molecule has 3 aromatic rings. The van der Waals surface area contributed by atoms with Crippen LogP contribution in [0.1, 0.15) is 45.5 Å². The lowest BCUT2D eigenvalue weighted by molar-refractivity contribution is 0.0947. The van der Waals surface area contributed by atoms with Crippen LogP contribution in [0.3, 0.4) is 0 Å². The van der Waals surface area contributed by atoms with Crippen molar-refractivity contribution in [2.24, 2.45) is 0 Å². The second-order valence-corrected chi connectivity index (χ2v) is 8.86. The molecule has 0 saturated carbocycles. The molecule has 31 heavy (non-hydrogen) atoms. The molecule has 1 aliphatic heterocycles. The summed E-state index contributed by atoms with van der Waals surface area (Å²) in [5.74, 6) is 0.460. The van der Waals surface area contributed by atoms with E-state index in [9.17, 15) is 4.79 Å². The number of hydrogen-bond donors (Lipinski definition) is 2. The lowest BCUT2D eigenvalue weighted by Gasteiger charge is -2.30. The first-order chi connectivity index (χ1) is 15.1. The fourth-order valence-corrected chi connectivity index (χ4v) is 4.65. The van der Waals surface area contributed by atoms with E-state index in [4.69, 9.17) is 5.26 Å². The van der Waals surface area contributed by atoms with E-state index in [-0.39, 0.29) is 11.8 Å². The number of aromatic nitrogens is 5. The second kappa shape index (κ2) is 9.86. The van der Waals surface area contributed by atoms with E-state index in [1.165, 1.54) is 22.9 Å². The minimum atomic E-state index is -0.258. The molecule has 0 spiro atoms. The first-order valence-electron chi connectivity index (χ1n) is 9.83. The first kappa shape index (κ1) is 21.2. The summed E-state index contributed by atoms with van der Waals surface area (Å²) < 4.78 is 3.86. The molecule has 0 aliphatic carbocycles. The maximum absolute atomic E-state index is 12.4. The highest BCUT2D eigenvalue weighted by molar-refractivity contribution is 7.14. The highest BCUT2D eigenvalue weighted by atomic mass is 32.1. The van der Waals surface area contributed by atoms with E-state index in [0.29, 0.717) is 29.9 Å². The maximum Gasteiger partial charge on any atom is 0.271 e. The van der Waals surface area contributed by atoms with Crippen molar-refractivity contribution < 1.29 is 4.79 Å². The molecule has 4 heterocycles. The Kier molecular flexibility index (Phi) is 6.76. The fraction of sp³-hybridized carbons (Fsp3) is 0.421. The van der Waals surface area contributed by atoms with Crippen LogP contribution in [0.2, 0.25) is 0 Å². The third-order valence-electron chi connectivity index (χ3n) is 5.01. The lowest BCUT2D eigenvalue weighted by atomic mass is 9.94. The van der Waals surface area contributed by atoms with Crippen molar-refractivity contribution in [1.29, 1.82) is 5.26 Å². The second-order valence-electron chi connectivity index (χ2n) is 7.16. The zero-order valence-electron chi connectivity index (χ0n) is 16.9. The van der Waals surface area contributed by atoms with Gasteiger partial charge in [-0.15, -0.1) is 16.4 Å². The summed E-state index contributed by atoms with van der Waals surface area (Å²) in [6, 6.07) is 4.14. The van der Waals surface area contributed by atoms with E-state index in [0.717, 1.165) is 42.2 Å². The van der Waals surface area contributed by atoms with Gasteiger partial charge < -0.3 is 10.6 Å². The quantitative estimate of drug-likeness (QED) is 0.515.